The van der Waals surface area contributed by atoms with E-state index in [9.17, 15) is 0 Å². The monoisotopic (exact) mass is 250 g/mol. The lowest BCUT2D eigenvalue weighted by atomic mass is 9.84. The van der Waals surface area contributed by atoms with Crippen molar-refractivity contribution in [1.29, 1.82) is 0 Å². The second-order valence-corrected chi connectivity index (χ2v) is 6.90. The van der Waals surface area contributed by atoms with Gasteiger partial charge in [-0.1, -0.05) is 26.2 Å². The highest BCUT2D eigenvalue weighted by Crippen LogP contribution is 2.34. The molecule has 0 amide bonds. The second kappa shape index (κ2) is 5.92. The van der Waals surface area contributed by atoms with Crippen LogP contribution in [-0.2, 0) is 0 Å². The van der Waals surface area contributed by atoms with E-state index in [4.69, 9.17) is 0 Å². The molecule has 0 bridgehead atoms. The summed E-state index contributed by atoms with van der Waals surface area (Å²) in [4.78, 5) is 2.71. The molecule has 2 nitrogen and oxygen atoms in total. The molecule has 3 atom stereocenters. The molecule has 0 aromatic heterocycles. The van der Waals surface area contributed by atoms with Crippen LogP contribution in [0.5, 0.6) is 0 Å². The maximum atomic E-state index is 3.93. The van der Waals surface area contributed by atoms with Crippen LogP contribution in [0.2, 0.25) is 0 Å². The molecule has 3 fully saturated rings. The first kappa shape index (κ1) is 12.9. The molecule has 2 saturated carbocycles. The van der Waals surface area contributed by atoms with E-state index in [2.05, 4.69) is 17.1 Å². The standard InChI is InChI=1S/C16H30N2/c1-2-18(11-13-6-5-7-13)12-15-10-14-8-3-4-9-16(14)17-15/h13-17H,2-12H2,1H3. The van der Waals surface area contributed by atoms with Gasteiger partial charge in [-0.3, -0.25) is 0 Å². The van der Waals surface area contributed by atoms with E-state index in [1.165, 1.54) is 71.0 Å². The Bertz CT molecular complexity index is 248. The molecular formula is C16H30N2. The molecule has 2 aliphatic carbocycles. The topological polar surface area (TPSA) is 15.3 Å². The van der Waals surface area contributed by atoms with Gasteiger partial charge in [-0.15, -0.1) is 0 Å². The molecule has 18 heavy (non-hydrogen) atoms. The molecule has 1 saturated heterocycles. The van der Waals surface area contributed by atoms with Crippen LogP contribution in [0.25, 0.3) is 0 Å². The zero-order valence-electron chi connectivity index (χ0n) is 12.0. The lowest BCUT2D eigenvalue weighted by Gasteiger charge is -2.33. The van der Waals surface area contributed by atoms with Crippen molar-refractivity contribution in [1.82, 2.24) is 10.2 Å². The summed E-state index contributed by atoms with van der Waals surface area (Å²) in [5, 5.41) is 3.93. The molecule has 0 aromatic carbocycles. The number of hydrogen-bond acceptors (Lipinski definition) is 2. The van der Waals surface area contributed by atoms with Crippen molar-refractivity contribution in [3.8, 4) is 0 Å². The van der Waals surface area contributed by atoms with Crippen LogP contribution < -0.4 is 5.32 Å². The smallest absolute Gasteiger partial charge is 0.0200 e. The lowest BCUT2D eigenvalue weighted by molar-refractivity contribution is 0.172. The predicted octanol–water partition coefficient (Wildman–Crippen LogP) is 3.03. The van der Waals surface area contributed by atoms with Gasteiger partial charge in [-0.25, -0.2) is 0 Å². The van der Waals surface area contributed by atoms with Crippen LogP contribution in [0, 0.1) is 11.8 Å². The zero-order chi connectivity index (χ0) is 12.4. The van der Waals surface area contributed by atoms with Crippen molar-refractivity contribution in [3.05, 3.63) is 0 Å². The molecule has 1 heterocycles. The fourth-order valence-corrected chi connectivity index (χ4v) is 4.26. The zero-order valence-corrected chi connectivity index (χ0v) is 12.0. The summed E-state index contributed by atoms with van der Waals surface area (Å²) < 4.78 is 0. The van der Waals surface area contributed by atoms with E-state index in [1.54, 1.807) is 0 Å². The molecule has 0 radical (unpaired) electrons. The Labute approximate surface area is 113 Å². The van der Waals surface area contributed by atoms with E-state index in [-0.39, 0.29) is 0 Å². The van der Waals surface area contributed by atoms with Crippen LogP contribution in [-0.4, -0.2) is 36.6 Å². The minimum Gasteiger partial charge on any atom is -0.310 e. The van der Waals surface area contributed by atoms with Crippen molar-refractivity contribution in [2.45, 2.75) is 70.4 Å². The fourth-order valence-electron chi connectivity index (χ4n) is 4.26. The van der Waals surface area contributed by atoms with E-state index >= 15 is 0 Å². The highest BCUT2D eigenvalue weighted by molar-refractivity contribution is 4.94. The summed E-state index contributed by atoms with van der Waals surface area (Å²) in [5.74, 6) is 2.03. The number of nitrogens with zero attached hydrogens (tertiary/aromatic N) is 1. The van der Waals surface area contributed by atoms with Crippen molar-refractivity contribution in [3.63, 3.8) is 0 Å². The van der Waals surface area contributed by atoms with Gasteiger partial charge in [0.25, 0.3) is 0 Å². The number of hydrogen-bond donors (Lipinski definition) is 1. The molecule has 0 aromatic rings. The SMILES string of the molecule is CCN(CC1CCC1)CC1CC2CCCCC2N1. The average molecular weight is 250 g/mol. The van der Waals surface area contributed by atoms with Gasteiger partial charge in [-0.05, 0) is 50.5 Å². The van der Waals surface area contributed by atoms with Gasteiger partial charge in [-0.2, -0.15) is 0 Å². The molecule has 1 N–H and O–H groups in total. The Morgan fingerprint density at radius 3 is 2.50 bits per heavy atom. The lowest BCUT2D eigenvalue weighted by Crippen LogP contribution is -2.42. The largest absolute Gasteiger partial charge is 0.310 e. The summed E-state index contributed by atoms with van der Waals surface area (Å²) in [7, 11) is 0. The molecule has 0 spiro atoms. The Morgan fingerprint density at radius 2 is 1.83 bits per heavy atom. The number of nitrogens with one attached hydrogen (secondary N) is 1. The first-order chi connectivity index (χ1) is 8.85. The van der Waals surface area contributed by atoms with Crippen LogP contribution in [0.3, 0.4) is 0 Å². The van der Waals surface area contributed by atoms with E-state index < -0.39 is 0 Å². The van der Waals surface area contributed by atoms with E-state index in [0.29, 0.717) is 0 Å². The Morgan fingerprint density at radius 1 is 1.00 bits per heavy atom. The summed E-state index contributed by atoms with van der Waals surface area (Å²) in [6.45, 7) is 6.24. The third-order valence-corrected chi connectivity index (χ3v) is 5.61. The van der Waals surface area contributed by atoms with Gasteiger partial charge >= 0.3 is 0 Å². The Balaban J connectivity index is 1.46. The predicted molar refractivity (Wildman–Crippen MR) is 76.7 cm³/mol. The third-order valence-electron chi connectivity index (χ3n) is 5.61. The van der Waals surface area contributed by atoms with Gasteiger partial charge in [0.15, 0.2) is 0 Å². The maximum Gasteiger partial charge on any atom is 0.0200 e. The van der Waals surface area contributed by atoms with Crippen LogP contribution in [0.1, 0.15) is 58.3 Å². The summed E-state index contributed by atoms with van der Waals surface area (Å²) in [5.41, 5.74) is 0. The number of rotatable bonds is 5. The van der Waals surface area contributed by atoms with Crippen LogP contribution in [0.4, 0.5) is 0 Å². The fraction of sp³-hybridized carbons (Fsp3) is 1.00. The first-order valence-electron chi connectivity index (χ1n) is 8.33. The van der Waals surface area contributed by atoms with Gasteiger partial charge in [0.05, 0.1) is 0 Å². The molecule has 3 rings (SSSR count). The van der Waals surface area contributed by atoms with Crippen LogP contribution >= 0.6 is 0 Å². The van der Waals surface area contributed by atoms with Crippen LogP contribution in [0.15, 0.2) is 0 Å². The van der Waals surface area contributed by atoms with Crippen molar-refractivity contribution < 1.29 is 0 Å². The molecule has 2 heteroatoms. The van der Waals surface area contributed by atoms with E-state index in [0.717, 1.165) is 23.9 Å². The molecule has 3 aliphatic rings. The average Bonchev–Trinajstić information content (AvgIpc) is 2.74. The van der Waals surface area contributed by atoms with Gasteiger partial charge in [0, 0.05) is 25.2 Å². The van der Waals surface area contributed by atoms with Crippen molar-refractivity contribution >= 4 is 0 Å². The summed E-state index contributed by atoms with van der Waals surface area (Å²) in [6.07, 6.45) is 11.8. The molecule has 104 valence electrons. The first-order valence-corrected chi connectivity index (χ1v) is 8.33. The maximum absolute atomic E-state index is 3.93. The quantitative estimate of drug-likeness (QED) is 0.807. The summed E-state index contributed by atoms with van der Waals surface area (Å²) >= 11 is 0. The Hall–Kier alpha value is -0.0800. The van der Waals surface area contributed by atoms with E-state index in [1.807, 2.05) is 0 Å². The summed E-state index contributed by atoms with van der Waals surface area (Å²) in [6, 6.07) is 1.66. The second-order valence-electron chi connectivity index (χ2n) is 6.90. The van der Waals surface area contributed by atoms with Crippen molar-refractivity contribution in [2.24, 2.45) is 11.8 Å². The van der Waals surface area contributed by atoms with Gasteiger partial charge in [0.1, 0.15) is 0 Å². The van der Waals surface area contributed by atoms with Gasteiger partial charge in [0.2, 0.25) is 0 Å². The van der Waals surface area contributed by atoms with Gasteiger partial charge < -0.3 is 10.2 Å². The Kier molecular flexibility index (Phi) is 4.25. The number of fused-ring (bicyclic) bond motifs is 1. The third kappa shape index (κ3) is 2.91. The minimum atomic E-state index is 0.790. The molecule has 3 unspecified atom stereocenters. The molecular weight excluding hydrogens is 220 g/mol. The van der Waals surface area contributed by atoms with Crippen molar-refractivity contribution in [2.75, 3.05) is 19.6 Å². The minimum absolute atomic E-state index is 0.790. The normalized spacial score (nSPS) is 36.7. The molecule has 1 aliphatic heterocycles. The number of likely N-dealkylation sites (N-methyl/N-ethyl adjacent to an activating group) is 1. The highest BCUT2D eigenvalue weighted by atomic mass is 15.2. The highest BCUT2D eigenvalue weighted by Gasteiger charge is 2.35.